The molecule has 1 aliphatic rings. The van der Waals surface area contributed by atoms with Gasteiger partial charge in [0.05, 0.1) is 0 Å². The Balaban J connectivity index is 3.49. The summed E-state index contributed by atoms with van der Waals surface area (Å²) < 4.78 is 0. The molecule has 0 saturated carbocycles. The van der Waals surface area contributed by atoms with Gasteiger partial charge < -0.3 is 0 Å². The van der Waals surface area contributed by atoms with E-state index in [1.54, 1.807) is 0 Å². The summed E-state index contributed by atoms with van der Waals surface area (Å²) in [5.41, 5.74) is 0. The summed E-state index contributed by atoms with van der Waals surface area (Å²) in [6.07, 6.45) is 0. The third kappa shape index (κ3) is 3.21. The van der Waals surface area contributed by atoms with Crippen LogP contribution < -0.4 is 4.86 Å². The predicted octanol–water partition coefficient (Wildman–Crippen LogP) is 7.86. The van der Waals surface area contributed by atoms with Gasteiger partial charge >= 0.3 is 0 Å². The lowest BCUT2D eigenvalue weighted by Crippen LogP contribution is -2.43. The molecule has 5 heteroatoms. The highest BCUT2D eigenvalue weighted by Crippen LogP contribution is 3.04. The second-order valence-corrected chi connectivity index (χ2v) is 25.9. The largest absolute Gasteiger partial charge is 0.203 e. The molecule has 0 amide bonds. The van der Waals surface area contributed by atoms with Gasteiger partial charge in [-0.3, -0.25) is 0 Å². The first-order valence-corrected chi connectivity index (χ1v) is 14.8. The summed E-state index contributed by atoms with van der Waals surface area (Å²) in [6, 6.07) is 0. The molecule has 0 spiro atoms. The Morgan fingerprint density at radius 3 is 0.762 bits per heavy atom. The Morgan fingerprint density at radius 1 is 0.476 bits per heavy atom. The lowest BCUT2D eigenvalue weighted by molar-refractivity contribution is 0.675. The van der Waals surface area contributed by atoms with E-state index in [1.165, 1.54) is 0 Å². The van der Waals surface area contributed by atoms with Crippen LogP contribution >= 0.6 is 34.1 Å². The lowest BCUT2D eigenvalue weighted by atomic mass is 10.2. The maximum absolute atomic E-state index is 4.43. The zero-order chi connectivity index (χ0) is 17.1. The van der Waals surface area contributed by atoms with Crippen LogP contribution in [0.2, 0.25) is 0 Å². The highest BCUT2D eigenvalue weighted by atomic mass is 33.5. The molecular weight excluding hydrogens is 332 g/mol. The fourth-order valence-corrected chi connectivity index (χ4v) is 38.8. The minimum absolute atomic E-state index is 0.321. The molecule has 0 aromatic heterocycles. The van der Waals surface area contributed by atoms with Gasteiger partial charge in [-0.1, -0.05) is 0 Å². The molecule has 1 rings (SSSR count). The molecule has 1 N–H and O–H groups in total. The Hall–Kier alpha value is 1.52. The molecule has 0 aromatic rings. The minimum atomic E-state index is -1.35. The van der Waals surface area contributed by atoms with E-state index in [-0.39, 0.29) is 0 Å². The van der Waals surface area contributed by atoms with Crippen molar-refractivity contribution in [2.45, 2.75) is 104 Å². The number of hydrogen-bond donors (Lipinski definition) is 1. The van der Waals surface area contributed by atoms with E-state index in [0.717, 1.165) is 0 Å². The van der Waals surface area contributed by atoms with Gasteiger partial charge in [0.25, 0.3) is 0 Å². The summed E-state index contributed by atoms with van der Waals surface area (Å²) in [5.74, 6) is 0. The van der Waals surface area contributed by atoms with E-state index in [2.05, 4.69) is 109 Å². The molecule has 1 heterocycles. The van der Waals surface area contributed by atoms with Crippen molar-refractivity contribution in [2.24, 2.45) is 0 Å². The van der Waals surface area contributed by atoms with E-state index in [1.807, 2.05) is 0 Å². The fourth-order valence-electron chi connectivity index (χ4n) is 3.39. The standard InChI is InChI=1S/C16H37NP2S2/c1-13(2,3)18(14(4,5)6)17-19(21-20-18,15(7,8)9)16(10,11)12/h17H,1-12H3/q+2. The van der Waals surface area contributed by atoms with Gasteiger partial charge in [-0.05, 0) is 87.9 Å². The van der Waals surface area contributed by atoms with Crippen molar-refractivity contribution in [3.8, 4) is 0 Å². The Kier molecular flexibility index (Phi) is 5.40. The third-order valence-corrected chi connectivity index (χ3v) is 30.7. The van der Waals surface area contributed by atoms with Crippen LogP contribution in [-0.2, 0) is 0 Å². The van der Waals surface area contributed by atoms with Crippen LogP contribution in [0.4, 0.5) is 0 Å². The second kappa shape index (κ2) is 5.52. The number of nitrogens with one attached hydrogen (secondary N) is 1. The van der Waals surface area contributed by atoms with E-state index >= 15 is 0 Å². The summed E-state index contributed by atoms with van der Waals surface area (Å²) in [5, 5.41) is 1.28. The van der Waals surface area contributed by atoms with Gasteiger partial charge in [0, 0.05) is 0 Å². The monoisotopic (exact) mass is 369 g/mol. The molecule has 0 aromatic carbocycles. The maximum Gasteiger partial charge on any atom is 0.203 e. The molecule has 0 atom stereocenters. The first-order valence-electron chi connectivity index (χ1n) is 7.87. The fraction of sp³-hybridized carbons (Fsp3) is 1.00. The van der Waals surface area contributed by atoms with Crippen molar-refractivity contribution in [3.63, 3.8) is 0 Å². The van der Waals surface area contributed by atoms with Crippen LogP contribution in [0.3, 0.4) is 0 Å². The van der Waals surface area contributed by atoms with Gasteiger partial charge in [-0.15, -0.1) is 0 Å². The van der Waals surface area contributed by atoms with Gasteiger partial charge in [-0.2, -0.15) is 0 Å². The Labute approximate surface area is 142 Å². The van der Waals surface area contributed by atoms with Gasteiger partial charge in [0.1, 0.15) is 20.6 Å². The first-order chi connectivity index (χ1) is 8.91. The molecule has 0 bridgehead atoms. The molecule has 1 fully saturated rings. The predicted molar refractivity (Wildman–Crippen MR) is 111 cm³/mol. The summed E-state index contributed by atoms with van der Waals surface area (Å²) in [7, 11) is 4.46. The molecule has 1 aliphatic heterocycles. The van der Waals surface area contributed by atoms with E-state index < -0.39 is 13.2 Å². The smallest absolute Gasteiger partial charge is 0.0499 e. The average Bonchev–Trinajstić information content (AvgIpc) is 2.54. The SMILES string of the molecule is CC(C)(C)[P+]1(C(C)(C)C)N[P+](C(C)(C)C)(C(C)(C)C)SS1. The average molecular weight is 370 g/mol. The van der Waals surface area contributed by atoms with Crippen LogP contribution in [-0.4, -0.2) is 20.6 Å². The number of rotatable bonds is 0. The normalized spacial score (nSPS) is 23.4. The van der Waals surface area contributed by atoms with E-state index in [0.29, 0.717) is 20.6 Å². The van der Waals surface area contributed by atoms with Crippen LogP contribution in [0.15, 0.2) is 0 Å². The summed E-state index contributed by atoms with van der Waals surface area (Å²) in [6.45, 7) is 26.6. The first kappa shape index (κ1) is 20.6. The van der Waals surface area contributed by atoms with Crippen molar-refractivity contribution in [1.29, 1.82) is 0 Å². The van der Waals surface area contributed by atoms with Gasteiger partial charge in [0.15, 0.2) is 20.8 Å². The molecule has 1 saturated heterocycles. The van der Waals surface area contributed by atoms with Gasteiger partial charge in [0.2, 0.25) is 13.2 Å². The zero-order valence-electron chi connectivity index (χ0n) is 16.2. The molecule has 0 radical (unpaired) electrons. The Morgan fingerprint density at radius 2 is 0.667 bits per heavy atom. The highest BCUT2D eigenvalue weighted by Gasteiger charge is 2.79. The second-order valence-electron chi connectivity index (χ2n) is 10.2. The topological polar surface area (TPSA) is 12.0 Å². The third-order valence-electron chi connectivity index (χ3n) is 4.32. The zero-order valence-corrected chi connectivity index (χ0v) is 19.6. The molecule has 1 nitrogen and oxygen atoms in total. The Bertz CT molecular complexity index is 328. The molecular formula is C16H37NP2S2+2. The van der Waals surface area contributed by atoms with Crippen LogP contribution in [0, 0.1) is 0 Å². The minimum Gasteiger partial charge on any atom is -0.0499 e. The van der Waals surface area contributed by atoms with Crippen molar-refractivity contribution in [1.82, 2.24) is 4.86 Å². The maximum atomic E-state index is 4.43. The van der Waals surface area contributed by atoms with Crippen molar-refractivity contribution in [2.75, 3.05) is 0 Å². The molecule has 21 heavy (non-hydrogen) atoms. The van der Waals surface area contributed by atoms with Crippen LogP contribution in [0.25, 0.3) is 0 Å². The van der Waals surface area contributed by atoms with Crippen molar-refractivity contribution >= 4 is 34.1 Å². The summed E-state index contributed by atoms with van der Waals surface area (Å²) >= 11 is 0. The molecule has 0 unspecified atom stereocenters. The van der Waals surface area contributed by atoms with Crippen molar-refractivity contribution < 1.29 is 0 Å². The van der Waals surface area contributed by atoms with Crippen molar-refractivity contribution in [3.05, 3.63) is 0 Å². The van der Waals surface area contributed by atoms with Crippen LogP contribution in [0.5, 0.6) is 0 Å². The molecule has 0 aliphatic carbocycles. The summed E-state index contributed by atoms with van der Waals surface area (Å²) in [4.78, 5) is 4.43. The quantitative estimate of drug-likeness (QED) is 0.345. The highest BCUT2D eigenvalue weighted by molar-refractivity contribution is 9.20. The number of hydrogen-bond acceptors (Lipinski definition) is 3. The van der Waals surface area contributed by atoms with E-state index in [4.69, 9.17) is 0 Å². The molecule has 126 valence electrons. The van der Waals surface area contributed by atoms with E-state index in [9.17, 15) is 0 Å². The van der Waals surface area contributed by atoms with Crippen LogP contribution in [0.1, 0.15) is 83.1 Å². The van der Waals surface area contributed by atoms with Gasteiger partial charge in [-0.25, -0.2) is 0 Å². The lowest BCUT2D eigenvalue weighted by Gasteiger charge is -2.44.